The zero-order valence-electron chi connectivity index (χ0n) is 11.0. The molecule has 0 radical (unpaired) electrons. The third-order valence-electron chi connectivity index (χ3n) is 2.08. The van der Waals surface area contributed by atoms with Gasteiger partial charge in [-0.15, -0.1) is 11.3 Å². The largest absolute Gasteiger partial charge is 0.465 e. The van der Waals surface area contributed by atoms with Crippen LogP contribution in [0.5, 0.6) is 0 Å². The zero-order valence-corrected chi connectivity index (χ0v) is 11.8. The maximum Gasteiger partial charge on any atom is 0.348 e. The van der Waals surface area contributed by atoms with E-state index in [1.54, 1.807) is 13.8 Å². The molecule has 0 bridgehead atoms. The van der Waals surface area contributed by atoms with Gasteiger partial charge in [-0.1, -0.05) is 0 Å². The number of nitrogens with zero attached hydrogens (tertiary/aromatic N) is 1. The average Bonchev–Trinajstić information content (AvgIpc) is 2.81. The highest BCUT2D eigenvalue weighted by Gasteiger charge is 2.23. The molecule has 0 amide bonds. The number of rotatable bonds is 7. The van der Waals surface area contributed by atoms with Gasteiger partial charge in [0, 0.05) is 6.07 Å². The van der Waals surface area contributed by atoms with Crippen molar-refractivity contribution in [3.05, 3.63) is 21.1 Å². The second-order valence-corrected chi connectivity index (χ2v) is 4.51. The first-order chi connectivity index (χ1) is 9.49. The van der Waals surface area contributed by atoms with Crippen LogP contribution in [0.2, 0.25) is 0 Å². The molecule has 0 saturated carbocycles. The highest BCUT2D eigenvalue weighted by molar-refractivity contribution is 7.18. The van der Waals surface area contributed by atoms with Crippen LogP contribution in [-0.4, -0.2) is 36.6 Å². The number of esters is 2. The maximum atomic E-state index is 11.5. The van der Waals surface area contributed by atoms with Crippen LogP contribution in [0.4, 0.5) is 10.7 Å². The molecule has 0 atom stereocenters. The van der Waals surface area contributed by atoms with Crippen molar-refractivity contribution in [2.75, 3.05) is 25.1 Å². The lowest BCUT2D eigenvalue weighted by molar-refractivity contribution is -0.383. The molecule has 110 valence electrons. The Labute approximate surface area is 118 Å². The van der Waals surface area contributed by atoms with Gasteiger partial charge in [0.25, 0.3) is 0 Å². The first-order valence-electron chi connectivity index (χ1n) is 5.84. The molecule has 1 heterocycles. The topological polar surface area (TPSA) is 108 Å². The molecule has 0 aliphatic carbocycles. The zero-order chi connectivity index (χ0) is 15.1. The summed E-state index contributed by atoms with van der Waals surface area (Å²) in [6.07, 6.45) is 0. The number of carbonyl (C=O) groups is 2. The van der Waals surface area contributed by atoms with E-state index in [9.17, 15) is 19.7 Å². The Morgan fingerprint density at radius 1 is 1.35 bits per heavy atom. The van der Waals surface area contributed by atoms with Gasteiger partial charge in [-0.2, -0.15) is 0 Å². The molecular weight excluding hydrogens is 288 g/mol. The van der Waals surface area contributed by atoms with Crippen LogP contribution in [-0.2, 0) is 14.3 Å². The molecule has 1 aromatic rings. The summed E-state index contributed by atoms with van der Waals surface area (Å²) >= 11 is 0.861. The fourth-order valence-corrected chi connectivity index (χ4v) is 2.23. The minimum atomic E-state index is -0.634. The predicted octanol–water partition coefficient (Wildman–Crippen LogP) is 1.81. The van der Waals surface area contributed by atoms with Gasteiger partial charge >= 0.3 is 17.6 Å². The molecule has 0 aromatic carbocycles. The SMILES string of the molecule is CCOC(=O)CNc1sc(C(=O)OCC)cc1[N+](=O)[O-]. The Bertz CT molecular complexity index is 513. The van der Waals surface area contributed by atoms with Crippen LogP contribution in [0, 0.1) is 10.1 Å². The van der Waals surface area contributed by atoms with Crippen molar-refractivity contribution in [2.45, 2.75) is 13.8 Å². The van der Waals surface area contributed by atoms with Crippen molar-refractivity contribution in [1.82, 2.24) is 0 Å². The molecule has 0 aliphatic rings. The summed E-state index contributed by atoms with van der Waals surface area (Å²) in [4.78, 5) is 33.1. The summed E-state index contributed by atoms with van der Waals surface area (Å²) < 4.78 is 9.47. The number of nitrogens with one attached hydrogen (secondary N) is 1. The van der Waals surface area contributed by atoms with Gasteiger partial charge in [-0.3, -0.25) is 14.9 Å². The molecule has 9 heteroatoms. The number of carbonyl (C=O) groups excluding carboxylic acids is 2. The van der Waals surface area contributed by atoms with E-state index in [1.165, 1.54) is 0 Å². The smallest absolute Gasteiger partial charge is 0.348 e. The maximum absolute atomic E-state index is 11.5. The van der Waals surface area contributed by atoms with Gasteiger partial charge in [0.15, 0.2) is 5.00 Å². The van der Waals surface area contributed by atoms with E-state index in [-0.39, 0.29) is 35.3 Å². The first-order valence-corrected chi connectivity index (χ1v) is 6.66. The summed E-state index contributed by atoms with van der Waals surface area (Å²) in [6.45, 7) is 3.49. The molecule has 0 unspecified atom stereocenters. The standard InChI is InChI=1S/C11H14N2O6S/c1-3-18-9(14)6-12-10-7(13(16)17)5-8(20-10)11(15)19-4-2/h5,12H,3-4,6H2,1-2H3. The monoisotopic (exact) mass is 302 g/mol. The fraction of sp³-hybridized carbons (Fsp3) is 0.455. The van der Waals surface area contributed by atoms with E-state index in [4.69, 9.17) is 9.47 Å². The van der Waals surface area contributed by atoms with Crippen LogP contribution in [0.15, 0.2) is 6.07 Å². The summed E-state index contributed by atoms with van der Waals surface area (Å²) in [5.41, 5.74) is -0.276. The average molecular weight is 302 g/mol. The Kier molecular flexibility index (Phi) is 5.91. The van der Waals surface area contributed by atoms with Crippen LogP contribution in [0.1, 0.15) is 23.5 Å². The van der Waals surface area contributed by atoms with Crippen molar-refractivity contribution in [1.29, 1.82) is 0 Å². The van der Waals surface area contributed by atoms with Gasteiger partial charge < -0.3 is 14.8 Å². The van der Waals surface area contributed by atoms with Crippen molar-refractivity contribution in [3.63, 3.8) is 0 Å². The second kappa shape index (κ2) is 7.43. The number of hydrogen-bond donors (Lipinski definition) is 1. The fourth-order valence-electron chi connectivity index (χ4n) is 1.31. The second-order valence-electron chi connectivity index (χ2n) is 3.46. The number of nitro groups is 1. The Balaban J connectivity index is 2.85. The van der Waals surface area contributed by atoms with Gasteiger partial charge in [0.05, 0.1) is 18.1 Å². The number of ether oxygens (including phenoxy) is 2. The lowest BCUT2D eigenvalue weighted by Gasteiger charge is -2.03. The molecule has 0 aliphatic heterocycles. The van der Waals surface area contributed by atoms with Crippen LogP contribution >= 0.6 is 11.3 Å². The van der Waals surface area contributed by atoms with E-state index in [1.807, 2.05) is 0 Å². The Morgan fingerprint density at radius 2 is 2.00 bits per heavy atom. The third kappa shape index (κ3) is 4.19. The molecule has 8 nitrogen and oxygen atoms in total. The van der Waals surface area contributed by atoms with Crippen molar-refractivity contribution >= 4 is 34.0 Å². The predicted molar refractivity (Wildman–Crippen MR) is 72.1 cm³/mol. The molecule has 0 saturated heterocycles. The van der Waals surface area contributed by atoms with Gasteiger partial charge in [-0.25, -0.2) is 4.79 Å². The first kappa shape index (κ1) is 15.9. The van der Waals surface area contributed by atoms with E-state index < -0.39 is 16.9 Å². The lowest BCUT2D eigenvalue weighted by Crippen LogP contribution is -2.16. The quantitative estimate of drug-likeness (QED) is 0.465. The Hall–Kier alpha value is -2.16. The molecule has 1 N–H and O–H groups in total. The molecule has 0 spiro atoms. The van der Waals surface area contributed by atoms with Gasteiger partial charge in [0.2, 0.25) is 0 Å². The van der Waals surface area contributed by atoms with Crippen molar-refractivity contribution < 1.29 is 24.0 Å². The van der Waals surface area contributed by atoms with E-state index in [0.29, 0.717) is 0 Å². The molecule has 20 heavy (non-hydrogen) atoms. The van der Waals surface area contributed by atoms with Gasteiger partial charge in [-0.05, 0) is 13.8 Å². The van der Waals surface area contributed by atoms with Crippen LogP contribution in [0.25, 0.3) is 0 Å². The number of anilines is 1. The van der Waals surface area contributed by atoms with Crippen LogP contribution in [0.3, 0.4) is 0 Å². The molecule has 0 fully saturated rings. The highest BCUT2D eigenvalue weighted by Crippen LogP contribution is 2.34. The van der Waals surface area contributed by atoms with Crippen molar-refractivity contribution in [2.24, 2.45) is 0 Å². The lowest BCUT2D eigenvalue weighted by atomic mass is 10.4. The van der Waals surface area contributed by atoms with E-state index in [0.717, 1.165) is 17.4 Å². The normalized spacial score (nSPS) is 9.90. The summed E-state index contributed by atoms with van der Waals surface area (Å²) in [7, 11) is 0. The summed E-state index contributed by atoms with van der Waals surface area (Å²) in [5, 5.41) is 13.6. The minimum absolute atomic E-state index is 0.102. The number of hydrogen-bond acceptors (Lipinski definition) is 8. The summed E-state index contributed by atoms with van der Waals surface area (Å²) in [6, 6.07) is 1.12. The Morgan fingerprint density at radius 3 is 2.55 bits per heavy atom. The highest BCUT2D eigenvalue weighted by atomic mass is 32.1. The van der Waals surface area contributed by atoms with E-state index >= 15 is 0 Å². The van der Waals surface area contributed by atoms with Crippen molar-refractivity contribution in [3.8, 4) is 0 Å². The van der Waals surface area contributed by atoms with E-state index in [2.05, 4.69) is 5.32 Å². The minimum Gasteiger partial charge on any atom is -0.465 e. The third-order valence-corrected chi connectivity index (χ3v) is 3.15. The molecular formula is C11H14N2O6S. The molecule has 1 aromatic heterocycles. The van der Waals surface area contributed by atoms with Gasteiger partial charge in [0.1, 0.15) is 11.4 Å². The van der Waals surface area contributed by atoms with Crippen LogP contribution < -0.4 is 5.32 Å². The number of thiophene rings is 1. The summed E-state index contributed by atoms with van der Waals surface area (Å²) in [5.74, 6) is -1.17. The molecule has 1 rings (SSSR count).